The van der Waals surface area contributed by atoms with Crippen LogP contribution < -0.4 is 5.73 Å². The summed E-state index contributed by atoms with van der Waals surface area (Å²) in [6.45, 7) is 0. The molecule has 6 N–H and O–H groups in total. The molecule has 0 radical (unpaired) electrons. The number of primary amides is 1. The number of aliphatic hydroxyl groups excluding tert-OH is 2. The molecule has 182 valence electrons. The van der Waals surface area contributed by atoms with Crippen LogP contribution in [0.4, 0.5) is 0 Å². The molecule has 0 heterocycles. The average molecular weight is 550 g/mol. The molecule has 36 heavy (non-hydrogen) atoms. The van der Waals surface area contributed by atoms with Crippen molar-refractivity contribution in [3.63, 3.8) is 0 Å². The molecule has 2 aromatic rings. The summed E-state index contributed by atoms with van der Waals surface area (Å²) >= 11 is 3.40. The minimum absolute atomic E-state index is 0.0168. The van der Waals surface area contributed by atoms with Gasteiger partial charge in [-0.3, -0.25) is 14.4 Å². The number of Topliss-reactive ketones (excluding diaryl/α,β-unsaturated/α-hetero) is 2. The predicted molar refractivity (Wildman–Crippen MR) is 132 cm³/mol. The normalized spacial score (nSPS) is 24.9. The second-order valence-electron chi connectivity index (χ2n) is 9.15. The van der Waals surface area contributed by atoms with Gasteiger partial charge in [0.25, 0.3) is 5.91 Å². The van der Waals surface area contributed by atoms with Gasteiger partial charge < -0.3 is 26.2 Å². The Kier molecular flexibility index (Phi) is 5.54. The third-order valence-corrected chi connectivity index (χ3v) is 7.61. The molecular formula is C27H20BrNO7. The number of aromatic hydroxyl groups is 1. The number of hydrogen-bond acceptors (Lipinski definition) is 7. The first-order chi connectivity index (χ1) is 17.0. The molecule has 0 aromatic heterocycles. The number of amides is 1. The number of ketones is 2. The lowest BCUT2D eigenvalue weighted by atomic mass is 9.59. The van der Waals surface area contributed by atoms with Crippen molar-refractivity contribution in [3.8, 4) is 17.6 Å². The van der Waals surface area contributed by atoms with E-state index < -0.39 is 52.0 Å². The fourth-order valence-corrected chi connectivity index (χ4v) is 5.84. The summed E-state index contributed by atoms with van der Waals surface area (Å²) in [5.41, 5.74) is 3.46. The molecule has 9 heteroatoms. The third-order valence-electron chi connectivity index (χ3n) is 7.11. The quantitative estimate of drug-likeness (QED) is 0.270. The Balaban J connectivity index is 1.65. The molecule has 8 nitrogen and oxygen atoms in total. The molecular weight excluding hydrogens is 530 g/mol. The van der Waals surface area contributed by atoms with Crippen molar-refractivity contribution >= 4 is 39.2 Å². The van der Waals surface area contributed by atoms with E-state index in [1.165, 1.54) is 6.07 Å². The lowest BCUT2D eigenvalue weighted by Crippen LogP contribution is -2.58. The summed E-state index contributed by atoms with van der Waals surface area (Å²) in [4.78, 5) is 37.7. The zero-order valence-electron chi connectivity index (χ0n) is 18.7. The summed E-state index contributed by atoms with van der Waals surface area (Å²) < 4.78 is 0.860. The monoisotopic (exact) mass is 549 g/mol. The summed E-state index contributed by atoms with van der Waals surface area (Å²) in [7, 11) is 0. The van der Waals surface area contributed by atoms with E-state index in [-0.39, 0.29) is 36.1 Å². The van der Waals surface area contributed by atoms with Gasteiger partial charge in [-0.1, -0.05) is 33.8 Å². The molecule has 3 aliphatic rings. The molecule has 3 aliphatic carbocycles. The number of fused-ring (bicyclic) bond motifs is 3. The van der Waals surface area contributed by atoms with Crippen LogP contribution in [0.1, 0.15) is 35.1 Å². The predicted octanol–water partition coefficient (Wildman–Crippen LogP) is 2.59. The maximum absolute atomic E-state index is 13.5. The number of aliphatic hydroxyl groups is 3. The largest absolute Gasteiger partial charge is 0.508 e. The van der Waals surface area contributed by atoms with Crippen LogP contribution in [0.5, 0.6) is 5.75 Å². The third kappa shape index (κ3) is 3.45. The number of benzene rings is 2. The van der Waals surface area contributed by atoms with E-state index in [4.69, 9.17) is 5.73 Å². The zero-order chi connectivity index (χ0) is 25.9. The number of nitrogens with two attached hydrogens (primary N) is 1. The van der Waals surface area contributed by atoms with Gasteiger partial charge in [-0.15, -0.1) is 0 Å². The van der Waals surface area contributed by atoms with E-state index in [9.17, 15) is 34.8 Å². The molecule has 1 saturated carbocycles. The molecule has 3 atom stereocenters. The summed E-state index contributed by atoms with van der Waals surface area (Å²) in [5.74, 6) is -0.455. The number of phenolic OH excluding ortho intramolecular Hbond substituents is 1. The van der Waals surface area contributed by atoms with Gasteiger partial charge >= 0.3 is 0 Å². The van der Waals surface area contributed by atoms with E-state index in [0.717, 1.165) is 10.0 Å². The Hall–Kier alpha value is -3.87. The number of hydrogen-bond donors (Lipinski definition) is 5. The van der Waals surface area contributed by atoms with Crippen molar-refractivity contribution in [1.29, 1.82) is 0 Å². The maximum Gasteiger partial charge on any atom is 0.255 e. The van der Waals surface area contributed by atoms with Gasteiger partial charge in [0.05, 0.1) is 5.56 Å². The van der Waals surface area contributed by atoms with Crippen molar-refractivity contribution in [1.82, 2.24) is 0 Å². The first-order valence-electron chi connectivity index (χ1n) is 11.1. The van der Waals surface area contributed by atoms with Gasteiger partial charge in [0, 0.05) is 33.5 Å². The van der Waals surface area contributed by atoms with Crippen LogP contribution in [0.15, 0.2) is 57.8 Å². The van der Waals surface area contributed by atoms with Gasteiger partial charge in [-0.25, -0.2) is 0 Å². The van der Waals surface area contributed by atoms with Gasteiger partial charge in [0.2, 0.25) is 5.78 Å². The van der Waals surface area contributed by atoms with E-state index in [2.05, 4.69) is 27.8 Å². The van der Waals surface area contributed by atoms with Gasteiger partial charge in [0.1, 0.15) is 22.8 Å². The van der Waals surface area contributed by atoms with Gasteiger partial charge in [0.15, 0.2) is 11.4 Å². The maximum atomic E-state index is 13.5. The fourth-order valence-electron chi connectivity index (χ4n) is 5.44. The van der Waals surface area contributed by atoms with E-state index in [0.29, 0.717) is 11.1 Å². The molecule has 0 saturated heterocycles. The van der Waals surface area contributed by atoms with E-state index in [1.807, 2.05) is 24.3 Å². The van der Waals surface area contributed by atoms with Crippen molar-refractivity contribution in [2.24, 2.45) is 17.6 Å². The standard InChI is InChI=1S/C27H20BrNO7/c28-16-3-1-2-12(8-16)4-5-13-6-7-18(30)21-17(13)10-14-9-15-11-19(31)22(26(29)35)25(34)27(15,36)24(33)20(14)23(21)32/h1-3,6-8,14-15,30,32,34,36H,9-11H2,(H2,29,35)/t14-,15+,27+/m1/s1. The first kappa shape index (κ1) is 23.9. The molecule has 5 rings (SSSR count). The van der Waals surface area contributed by atoms with Crippen LogP contribution in [0, 0.1) is 23.7 Å². The molecule has 1 amide bonds. The smallest absolute Gasteiger partial charge is 0.255 e. The molecule has 1 fully saturated rings. The number of phenols is 1. The first-order valence-corrected chi connectivity index (χ1v) is 11.9. The summed E-state index contributed by atoms with van der Waals surface area (Å²) in [6, 6.07) is 10.4. The molecule has 0 spiro atoms. The summed E-state index contributed by atoms with van der Waals surface area (Å²) in [5, 5.41) is 43.6. The number of rotatable bonds is 1. The minimum Gasteiger partial charge on any atom is -0.508 e. The Labute approximate surface area is 213 Å². The Morgan fingerprint density at radius 2 is 1.83 bits per heavy atom. The lowest BCUT2D eigenvalue weighted by molar-refractivity contribution is -0.147. The van der Waals surface area contributed by atoms with Crippen molar-refractivity contribution < 1.29 is 34.8 Å². The van der Waals surface area contributed by atoms with Crippen molar-refractivity contribution in [3.05, 3.63) is 80.0 Å². The van der Waals surface area contributed by atoms with E-state index in [1.54, 1.807) is 6.07 Å². The van der Waals surface area contributed by atoms with Crippen LogP contribution >= 0.6 is 15.9 Å². The summed E-state index contributed by atoms with van der Waals surface area (Å²) in [6.07, 6.45) is -0.0973. The topological polar surface area (TPSA) is 158 Å². The zero-order valence-corrected chi connectivity index (χ0v) is 20.3. The van der Waals surface area contributed by atoms with Crippen molar-refractivity contribution in [2.45, 2.75) is 24.9 Å². The van der Waals surface area contributed by atoms with Crippen LogP contribution in [0.25, 0.3) is 5.76 Å². The van der Waals surface area contributed by atoms with Crippen LogP contribution in [-0.4, -0.2) is 43.5 Å². The Bertz CT molecular complexity index is 1510. The Morgan fingerprint density at radius 3 is 2.53 bits per heavy atom. The second-order valence-corrected chi connectivity index (χ2v) is 10.1. The Morgan fingerprint density at radius 1 is 1.08 bits per heavy atom. The minimum atomic E-state index is -2.58. The van der Waals surface area contributed by atoms with Crippen molar-refractivity contribution in [2.75, 3.05) is 0 Å². The van der Waals surface area contributed by atoms with Gasteiger partial charge in [-0.2, -0.15) is 0 Å². The SMILES string of the molecule is NC(=O)C1=C(O)[C@@]2(O)C(=O)C3=C(O)c4c(O)ccc(C#Cc5cccc(Br)c5)c4C[C@H]3C[C@H]2CC1=O. The highest BCUT2D eigenvalue weighted by Gasteiger charge is 2.60. The fraction of sp³-hybridized carbons (Fsp3) is 0.222. The van der Waals surface area contributed by atoms with E-state index >= 15 is 0 Å². The van der Waals surface area contributed by atoms with Crippen LogP contribution in [-0.2, 0) is 20.8 Å². The molecule has 0 unspecified atom stereocenters. The molecule has 0 aliphatic heterocycles. The number of carbonyl (C=O) groups is 3. The number of carbonyl (C=O) groups excluding carboxylic acids is 3. The molecule has 2 aromatic carbocycles. The highest BCUT2D eigenvalue weighted by molar-refractivity contribution is 9.10. The number of halogens is 1. The second kappa shape index (κ2) is 8.36. The molecule has 0 bridgehead atoms. The van der Waals surface area contributed by atoms with Crippen LogP contribution in [0.3, 0.4) is 0 Å². The highest BCUT2D eigenvalue weighted by atomic mass is 79.9. The van der Waals surface area contributed by atoms with Gasteiger partial charge in [-0.05, 0) is 54.7 Å². The highest BCUT2D eigenvalue weighted by Crippen LogP contribution is 2.52. The average Bonchev–Trinajstić information content (AvgIpc) is 2.80. The lowest BCUT2D eigenvalue weighted by Gasteiger charge is -2.46. The van der Waals surface area contributed by atoms with Crippen LogP contribution in [0.2, 0.25) is 0 Å².